The first-order chi connectivity index (χ1) is 10.6. The van der Waals surface area contributed by atoms with Gasteiger partial charge in [0, 0.05) is 24.9 Å². The third kappa shape index (κ3) is 5.19. The molecule has 1 aliphatic rings. The number of fused-ring (bicyclic) bond motifs is 1. The molecule has 1 N–H and O–H groups in total. The van der Waals surface area contributed by atoms with Crippen molar-refractivity contribution in [2.24, 2.45) is 0 Å². The summed E-state index contributed by atoms with van der Waals surface area (Å²) >= 11 is 0. The van der Waals surface area contributed by atoms with E-state index in [2.05, 4.69) is 14.5 Å². The second-order valence-electron chi connectivity index (χ2n) is 5.57. The van der Waals surface area contributed by atoms with E-state index in [1.807, 2.05) is 13.8 Å². The van der Waals surface area contributed by atoms with Crippen LogP contribution in [0.3, 0.4) is 0 Å². The molecular weight excluding hydrogens is 322 g/mol. The van der Waals surface area contributed by atoms with Gasteiger partial charge in [0.05, 0.1) is 18.1 Å². The summed E-state index contributed by atoms with van der Waals surface area (Å²) < 4.78 is 33.5. The first-order valence-electron chi connectivity index (χ1n) is 7.16. The van der Waals surface area contributed by atoms with Crippen LogP contribution in [0.25, 0.3) is 0 Å². The fourth-order valence-corrected chi connectivity index (χ4v) is 2.60. The number of hydrogen-bond acceptors (Lipinski definition) is 6. The van der Waals surface area contributed by atoms with Crippen LogP contribution in [0.2, 0.25) is 0 Å². The van der Waals surface area contributed by atoms with Crippen LogP contribution >= 0.6 is 0 Å². The standard InChI is InChI=1S/C12H16O5S.C3H7NO/c1-4-16-17-18(13,14)9-5-6-11-10(7-9)12(2,3)8-15-11;1-3(5)4-2/h5-7H,4,8H2,1-3H3;1-2H3,(H,4,5). The molecule has 0 aromatic heterocycles. The van der Waals surface area contributed by atoms with Gasteiger partial charge >= 0.3 is 10.1 Å². The third-order valence-electron chi connectivity index (χ3n) is 3.16. The number of hydrogen-bond donors (Lipinski definition) is 1. The van der Waals surface area contributed by atoms with Gasteiger partial charge in [-0.2, -0.15) is 8.42 Å². The van der Waals surface area contributed by atoms with Gasteiger partial charge in [-0.1, -0.05) is 13.8 Å². The second kappa shape index (κ2) is 7.76. The van der Waals surface area contributed by atoms with Crippen LogP contribution in [0.1, 0.15) is 33.3 Å². The molecule has 0 spiro atoms. The summed E-state index contributed by atoms with van der Waals surface area (Å²) in [4.78, 5) is 14.3. The van der Waals surface area contributed by atoms with Crippen LogP contribution in [0.5, 0.6) is 5.75 Å². The molecule has 1 heterocycles. The summed E-state index contributed by atoms with van der Waals surface area (Å²) in [7, 11) is -2.27. The van der Waals surface area contributed by atoms with E-state index in [0.29, 0.717) is 6.61 Å². The lowest BCUT2D eigenvalue weighted by molar-refractivity contribution is -0.196. The summed E-state index contributed by atoms with van der Waals surface area (Å²) in [5.74, 6) is 0.723. The molecule has 0 radical (unpaired) electrons. The third-order valence-corrected chi connectivity index (χ3v) is 4.27. The highest BCUT2D eigenvalue weighted by atomic mass is 32.2. The molecule has 7 nitrogen and oxygen atoms in total. The zero-order chi connectivity index (χ0) is 17.7. The molecule has 1 amide bonds. The molecule has 0 atom stereocenters. The van der Waals surface area contributed by atoms with Gasteiger partial charge in [0.25, 0.3) is 0 Å². The van der Waals surface area contributed by atoms with E-state index in [0.717, 1.165) is 11.3 Å². The molecule has 0 aliphatic carbocycles. The molecule has 1 aromatic carbocycles. The maximum atomic E-state index is 11.8. The summed E-state index contributed by atoms with van der Waals surface area (Å²) in [5.41, 5.74) is 0.663. The van der Waals surface area contributed by atoms with Crippen molar-refractivity contribution in [3.05, 3.63) is 23.8 Å². The SMILES string of the molecule is CCOOS(=O)(=O)c1ccc2c(c1)C(C)(C)CO2.CNC(C)=O. The van der Waals surface area contributed by atoms with Crippen molar-refractivity contribution in [1.82, 2.24) is 5.32 Å². The highest BCUT2D eigenvalue weighted by Gasteiger charge is 2.33. The number of ether oxygens (including phenoxy) is 1. The van der Waals surface area contributed by atoms with Gasteiger partial charge in [-0.15, -0.1) is 4.33 Å². The van der Waals surface area contributed by atoms with E-state index in [9.17, 15) is 13.2 Å². The predicted octanol–water partition coefficient (Wildman–Crippen LogP) is 1.77. The molecule has 0 fully saturated rings. The van der Waals surface area contributed by atoms with Crippen molar-refractivity contribution in [1.29, 1.82) is 0 Å². The summed E-state index contributed by atoms with van der Waals surface area (Å²) in [6, 6.07) is 4.68. The average Bonchev–Trinajstić information content (AvgIpc) is 2.81. The molecule has 0 unspecified atom stereocenters. The van der Waals surface area contributed by atoms with Crippen molar-refractivity contribution in [3.8, 4) is 5.75 Å². The predicted molar refractivity (Wildman–Crippen MR) is 84.6 cm³/mol. The van der Waals surface area contributed by atoms with Crippen LogP contribution in [-0.4, -0.2) is 34.6 Å². The largest absolute Gasteiger partial charge is 0.492 e. The first-order valence-corrected chi connectivity index (χ1v) is 8.56. The van der Waals surface area contributed by atoms with E-state index in [-0.39, 0.29) is 22.8 Å². The molecule has 2 rings (SSSR count). The number of amides is 1. The smallest absolute Gasteiger partial charge is 0.323 e. The lowest BCUT2D eigenvalue weighted by Crippen LogP contribution is -2.18. The monoisotopic (exact) mass is 345 g/mol. The topological polar surface area (TPSA) is 90.9 Å². The van der Waals surface area contributed by atoms with Crippen molar-refractivity contribution in [2.75, 3.05) is 20.3 Å². The van der Waals surface area contributed by atoms with Gasteiger partial charge < -0.3 is 10.1 Å². The van der Waals surface area contributed by atoms with Gasteiger partial charge in [-0.3, -0.25) is 4.79 Å². The number of rotatable bonds is 4. The average molecular weight is 345 g/mol. The Kier molecular flexibility index (Phi) is 6.55. The minimum atomic E-state index is -3.87. The van der Waals surface area contributed by atoms with Crippen molar-refractivity contribution < 1.29 is 27.2 Å². The second-order valence-corrected chi connectivity index (χ2v) is 7.08. The Balaban J connectivity index is 0.000000463. The van der Waals surface area contributed by atoms with Gasteiger partial charge in [0.1, 0.15) is 5.75 Å². The zero-order valence-corrected chi connectivity index (χ0v) is 14.8. The van der Waals surface area contributed by atoms with Gasteiger partial charge in [0.2, 0.25) is 5.91 Å². The number of carbonyl (C=O) groups is 1. The maximum absolute atomic E-state index is 11.8. The highest BCUT2D eigenvalue weighted by molar-refractivity contribution is 7.86. The Labute approximate surface area is 137 Å². The van der Waals surface area contributed by atoms with Gasteiger partial charge in [-0.25, -0.2) is 4.89 Å². The molecular formula is C15H23NO6S. The molecule has 0 saturated carbocycles. The lowest BCUT2D eigenvalue weighted by atomic mass is 9.87. The summed E-state index contributed by atoms with van der Waals surface area (Å²) in [5, 5.41) is 2.39. The summed E-state index contributed by atoms with van der Waals surface area (Å²) in [6.07, 6.45) is 0. The van der Waals surface area contributed by atoms with Crippen molar-refractivity contribution in [2.45, 2.75) is 38.0 Å². The van der Waals surface area contributed by atoms with Crippen LogP contribution < -0.4 is 10.1 Å². The van der Waals surface area contributed by atoms with Crippen molar-refractivity contribution in [3.63, 3.8) is 0 Å². The van der Waals surface area contributed by atoms with E-state index in [4.69, 9.17) is 4.74 Å². The minimum Gasteiger partial charge on any atom is -0.492 e. The molecule has 8 heteroatoms. The zero-order valence-electron chi connectivity index (χ0n) is 14.0. The fourth-order valence-electron chi connectivity index (χ4n) is 1.81. The fraction of sp³-hybridized carbons (Fsp3) is 0.533. The molecule has 23 heavy (non-hydrogen) atoms. The van der Waals surface area contributed by atoms with E-state index in [1.165, 1.54) is 13.0 Å². The molecule has 1 aliphatic heterocycles. The normalized spacial score (nSPS) is 15.0. The Bertz CT molecular complexity index is 654. The number of carbonyl (C=O) groups excluding carboxylic acids is 1. The van der Waals surface area contributed by atoms with Gasteiger partial charge in [0.15, 0.2) is 0 Å². The molecule has 1 aromatic rings. The summed E-state index contributed by atoms with van der Waals surface area (Å²) in [6.45, 7) is 7.82. The Morgan fingerprint density at radius 1 is 1.39 bits per heavy atom. The van der Waals surface area contributed by atoms with Gasteiger partial charge in [-0.05, 0) is 25.1 Å². The first kappa shape index (κ1) is 19.4. The van der Waals surface area contributed by atoms with Crippen LogP contribution in [0.15, 0.2) is 23.1 Å². The van der Waals surface area contributed by atoms with E-state index >= 15 is 0 Å². The number of nitrogens with one attached hydrogen (secondary N) is 1. The highest BCUT2D eigenvalue weighted by Crippen LogP contribution is 2.39. The van der Waals surface area contributed by atoms with Crippen LogP contribution in [0, 0.1) is 0 Å². The molecule has 130 valence electrons. The Hall–Kier alpha value is -1.64. The van der Waals surface area contributed by atoms with Crippen LogP contribution in [0.4, 0.5) is 0 Å². The van der Waals surface area contributed by atoms with Crippen LogP contribution in [-0.2, 0) is 29.5 Å². The van der Waals surface area contributed by atoms with E-state index < -0.39 is 10.1 Å². The molecule has 0 bridgehead atoms. The quantitative estimate of drug-likeness (QED) is 0.660. The van der Waals surface area contributed by atoms with E-state index in [1.54, 1.807) is 26.1 Å². The Morgan fingerprint density at radius 3 is 2.52 bits per heavy atom. The lowest BCUT2D eigenvalue weighted by Gasteiger charge is -2.15. The molecule has 0 saturated heterocycles. The van der Waals surface area contributed by atoms with Crippen molar-refractivity contribution >= 4 is 16.0 Å². The maximum Gasteiger partial charge on any atom is 0.323 e. The Morgan fingerprint density at radius 2 is 2.00 bits per heavy atom. The minimum absolute atomic E-state index is 0.00463. The number of benzene rings is 1.